The molecule has 1 aliphatic heterocycles. The molecule has 1 saturated heterocycles. The third-order valence-electron chi connectivity index (χ3n) is 4.96. The van der Waals surface area contributed by atoms with E-state index in [0.29, 0.717) is 42.0 Å². The molecule has 0 saturated carbocycles. The molecule has 0 aliphatic carbocycles. The molecule has 1 fully saturated rings. The van der Waals surface area contributed by atoms with Crippen LogP contribution >= 0.6 is 0 Å². The van der Waals surface area contributed by atoms with E-state index >= 15 is 0 Å². The highest BCUT2D eigenvalue weighted by Crippen LogP contribution is 2.34. The molecule has 6 nitrogen and oxygen atoms in total. The Hall–Kier alpha value is -3.36. The van der Waals surface area contributed by atoms with E-state index in [1.54, 1.807) is 18.5 Å². The number of benzene rings is 1. The summed E-state index contributed by atoms with van der Waals surface area (Å²) in [6, 6.07) is 8.40. The van der Waals surface area contributed by atoms with Crippen molar-refractivity contribution in [2.45, 2.75) is 18.6 Å². The minimum absolute atomic E-state index is 0.0704. The molecule has 1 aliphatic rings. The molecule has 1 atom stereocenters. The summed E-state index contributed by atoms with van der Waals surface area (Å²) >= 11 is 0. The van der Waals surface area contributed by atoms with Crippen LogP contribution in [0.4, 0.5) is 23.8 Å². The highest BCUT2D eigenvalue weighted by Gasteiger charge is 2.30. The van der Waals surface area contributed by atoms with Crippen LogP contribution in [0.1, 0.15) is 12.0 Å². The van der Waals surface area contributed by atoms with Crippen molar-refractivity contribution < 1.29 is 23.1 Å². The summed E-state index contributed by atoms with van der Waals surface area (Å²) in [6.07, 6.45) is -1.50. The van der Waals surface area contributed by atoms with Gasteiger partial charge >= 0.3 is 12.3 Å². The number of alkyl halides is 3. The van der Waals surface area contributed by atoms with Crippen LogP contribution < -0.4 is 5.32 Å². The predicted octanol–water partition coefficient (Wildman–Crippen LogP) is 4.48. The lowest BCUT2D eigenvalue weighted by Gasteiger charge is -2.17. The first-order valence-electron chi connectivity index (χ1n) is 8.98. The average molecular weight is 402 g/mol. The molecule has 3 aromatic rings. The number of nitrogens with one attached hydrogen (secondary N) is 1. The van der Waals surface area contributed by atoms with Gasteiger partial charge in [-0.3, -0.25) is 4.98 Å². The van der Waals surface area contributed by atoms with Crippen molar-refractivity contribution in [1.82, 2.24) is 14.9 Å². The Labute approximate surface area is 164 Å². The number of amides is 1. The Morgan fingerprint density at radius 3 is 2.59 bits per heavy atom. The van der Waals surface area contributed by atoms with E-state index < -0.39 is 17.8 Å². The van der Waals surface area contributed by atoms with Crippen LogP contribution in [0.25, 0.3) is 22.0 Å². The fraction of sp³-hybridized carbons (Fsp3) is 0.250. The molecule has 0 spiro atoms. The normalized spacial score (nSPS) is 16.9. The fourth-order valence-corrected chi connectivity index (χ4v) is 3.48. The highest BCUT2D eigenvalue weighted by atomic mass is 19.4. The zero-order valence-corrected chi connectivity index (χ0v) is 15.1. The van der Waals surface area contributed by atoms with Crippen molar-refractivity contribution in [2.75, 3.05) is 18.4 Å². The molecule has 1 aromatic carbocycles. The molecular formula is C20H17F3N4O2. The number of hydrogen-bond donors (Lipinski definition) is 2. The number of rotatable bonds is 3. The minimum Gasteiger partial charge on any atom is -0.465 e. The second-order valence-electron chi connectivity index (χ2n) is 6.85. The van der Waals surface area contributed by atoms with Gasteiger partial charge in [0, 0.05) is 42.5 Å². The number of hydrogen-bond acceptors (Lipinski definition) is 4. The van der Waals surface area contributed by atoms with Crippen molar-refractivity contribution >= 4 is 22.8 Å². The van der Waals surface area contributed by atoms with Crippen LogP contribution in [-0.4, -0.2) is 45.2 Å². The smallest absolute Gasteiger partial charge is 0.416 e. The van der Waals surface area contributed by atoms with Gasteiger partial charge in [-0.2, -0.15) is 13.2 Å². The van der Waals surface area contributed by atoms with Crippen LogP contribution in [0, 0.1) is 0 Å². The minimum atomic E-state index is -4.39. The lowest BCUT2D eigenvalue weighted by atomic mass is 10.0. The molecule has 0 unspecified atom stereocenters. The SMILES string of the molecule is O=C(O)N1CC[C@H](Nc2ncc(-c3ccc(C(F)(F)F)cc3)c3ncccc23)C1. The van der Waals surface area contributed by atoms with Gasteiger partial charge in [-0.15, -0.1) is 0 Å². The van der Waals surface area contributed by atoms with Crippen LogP contribution in [-0.2, 0) is 6.18 Å². The van der Waals surface area contributed by atoms with Crippen molar-refractivity contribution in [3.63, 3.8) is 0 Å². The fourth-order valence-electron chi connectivity index (χ4n) is 3.48. The summed E-state index contributed by atoms with van der Waals surface area (Å²) in [4.78, 5) is 21.3. The van der Waals surface area contributed by atoms with Crippen molar-refractivity contribution in [3.8, 4) is 11.1 Å². The van der Waals surface area contributed by atoms with Crippen molar-refractivity contribution in [1.29, 1.82) is 0 Å². The van der Waals surface area contributed by atoms with E-state index in [0.717, 1.165) is 17.5 Å². The maximum atomic E-state index is 12.8. The van der Waals surface area contributed by atoms with E-state index in [-0.39, 0.29) is 6.04 Å². The number of halogens is 3. The molecule has 3 heterocycles. The topological polar surface area (TPSA) is 78.4 Å². The second-order valence-corrected chi connectivity index (χ2v) is 6.85. The zero-order chi connectivity index (χ0) is 20.6. The maximum Gasteiger partial charge on any atom is 0.416 e. The van der Waals surface area contributed by atoms with E-state index in [1.165, 1.54) is 17.0 Å². The number of likely N-dealkylation sites (tertiary alicyclic amines) is 1. The average Bonchev–Trinajstić information content (AvgIpc) is 3.17. The number of carboxylic acid groups (broad SMARTS) is 1. The number of carbonyl (C=O) groups is 1. The number of anilines is 1. The van der Waals surface area contributed by atoms with Gasteiger partial charge in [0.1, 0.15) is 5.82 Å². The van der Waals surface area contributed by atoms with Crippen LogP contribution in [0.15, 0.2) is 48.8 Å². The number of pyridine rings is 2. The molecule has 0 radical (unpaired) electrons. The van der Waals surface area contributed by atoms with Gasteiger partial charge in [-0.05, 0) is 36.2 Å². The molecule has 9 heteroatoms. The van der Waals surface area contributed by atoms with E-state index in [2.05, 4.69) is 15.3 Å². The summed E-state index contributed by atoms with van der Waals surface area (Å²) in [5.74, 6) is 0.570. The van der Waals surface area contributed by atoms with Crippen molar-refractivity contribution in [2.24, 2.45) is 0 Å². The molecule has 150 valence electrons. The summed E-state index contributed by atoms with van der Waals surface area (Å²) in [5, 5.41) is 13.1. The second kappa shape index (κ2) is 7.23. The highest BCUT2D eigenvalue weighted by molar-refractivity contribution is 5.99. The lowest BCUT2D eigenvalue weighted by molar-refractivity contribution is -0.137. The monoisotopic (exact) mass is 402 g/mol. The van der Waals surface area contributed by atoms with E-state index in [9.17, 15) is 18.0 Å². The first-order valence-corrected chi connectivity index (χ1v) is 8.98. The number of aromatic nitrogens is 2. The molecule has 2 aromatic heterocycles. The number of nitrogens with zero attached hydrogens (tertiary/aromatic N) is 3. The molecule has 4 rings (SSSR count). The largest absolute Gasteiger partial charge is 0.465 e. The van der Waals surface area contributed by atoms with Gasteiger partial charge in [-0.25, -0.2) is 9.78 Å². The van der Waals surface area contributed by atoms with E-state index in [4.69, 9.17) is 5.11 Å². The Bertz CT molecular complexity index is 1050. The zero-order valence-electron chi connectivity index (χ0n) is 15.1. The van der Waals surface area contributed by atoms with Gasteiger partial charge in [0.05, 0.1) is 11.1 Å². The Morgan fingerprint density at radius 2 is 1.93 bits per heavy atom. The molecule has 1 amide bonds. The first-order chi connectivity index (χ1) is 13.8. The van der Waals surface area contributed by atoms with Gasteiger partial charge in [0.25, 0.3) is 0 Å². The maximum absolute atomic E-state index is 12.8. The van der Waals surface area contributed by atoms with Gasteiger partial charge < -0.3 is 15.3 Å². The first kappa shape index (κ1) is 19.0. The Balaban J connectivity index is 1.66. The summed E-state index contributed by atoms with van der Waals surface area (Å²) < 4.78 is 38.5. The Morgan fingerprint density at radius 1 is 1.17 bits per heavy atom. The molecular weight excluding hydrogens is 385 g/mol. The molecule has 2 N–H and O–H groups in total. The quantitative estimate of drug-likeness (QED) is 0.675. The third-order valence-corrected chi connectivity index (χ3v) is 4.96. The van der Waals surface area contributed by atoms with Gasteiger partial charge in [0.15, 0.2) is 0 Å². The summed E-state index contributed by atoms with van der Waals surface area (Å²) in [5.41, 5.74) is 1.10. The van der Waals surface area contributed by atoms with Gasteiger partial charge in [-0.1, -0.05) is 12.1 Å². The summed E-state index contributed by atoms with van der Waals surface area (Å²) in [7, 11) is 0. The van der Waals surface area contributed by atoms with E-state index in [1.807, 2.05) is 6.07 Å². The lowest BCUT2D eigenvalue weighted by Crippen LogP contribution is -2.30. The third kappa shape index (κ3) is 3.80. The Kier molecular flexibility index (Phi) is 4.73. The van der Waals surface area contributed by atoms with Crippen molar-refractivity contribution in [3.05, 3.63) is 54.4 Å². The van der Waals surface area contributed by atoms with Crippen LogP contribution in [0.3, 0.4) is 0 Å². The predicted molar refractivity (Wildman–Crippen MR) is 102 cm³/mol. The number of fused-ring (bicyclic) bond motifs is 1. The van der Waals surface area contributed by atoms with Crippen LogP contribution in [0.2, 0.25) is 0 Å². The summed E-state index contributed by atoms with van der Waals surface area (Å²) in [6.45, 7) is 0.812. The van der Waals surface area contributed by atoms with Crippen LogP contribution in [0.5, 0.6) is 0 Å². The molecule has 0 bridgehead atoms. The molecule has 29 heavy (non-hydrogen) atoms. The van der Waals surface area contributed by atoms with Gasteiger partial charge in [0.2, 0.25) is 0 Å². The standard InChI is InChI=1S/C20H17F3N4O2/c21-20(22,23)13-5-3-12(4-6-13)16-10-25-18(15-2-1-8-24-17(15)16)26-14-7-9-27(11-14)19(28)29/h1-6,8,10,14H,7,9,11H2,(H,25,26)(H,28,29)/t14-/m0/s1.